The number of hydrogen-bond donors (Lipinski definition) is 1. The number of nitrogens with zero attached hydrogens (tertiary/aromatic N) is 1. The van der Waals surface area contributed by atoms with E-state index in [4.69, 9.17) is 0 Å². The summed E-state index contributed by atoms with van der Waals surface area (Å²) in [4.78, 5) is 25.0. The molecule has 3 rings (SSSR count). The van der Waals surface area contributed by atoms with E-state index in [1.54, 1.807) is 6.07 Å². The molecule has 18 heavy (non-hydrogen) atoms. The molecule has 0 saturated heterocycles. The molecule has 5 heteroatoms. The van der Waals surface area contributed by atoms with Crippen molar-refractivity contribution >= 4 is 40.6 Å². The van der Waals surface area contributed by atoms with Crippen LogP contribution >= 0.6 is 11.3 Å². The summed E-state index contributed by atoms with van der Waals surface area (Å²) in [6.07, 6.45) is 0.824. The lowest BCUT2D eigenvalue weighted by molar-refractivity contribution is -0.115. The van der Waals surface area contributed by atoms with Crippen LogP contribution in [0.5, 0.6) is 0 Å². The van der Waals surface area contributed by atoms with E-state index in [1.165, 1.54) is 11.3 Å². The van der Waals surface area contributed by atoms with E-state index in [0.717, 1.165) is 23.3 Å². The summed E-state index contributed by atoms with van der Waals surface area (Å²) >= 11 is 1.38. The average molecular weight is 258 g/mol. The van der Waals surface area contributed by atoms with Gasteiger partial charge in [0, 0.05) is 5.38 Å². The Morgan fingerprint density at radius 2 is 2.17 bits per heavy atom. The second-order valence-electron chi connectivity index (χ2n) is 3.98. The maximum Gasteiger partial charge on any atom is 0.244 e. The van der Waals surface area contributed by atoms with E-state index >= 15 is 0 Å². The second kappa shape index (κ2) is 4.27. The molecule has 4 nitrogen and oxygen atoms in total. The largest absolute Gasteiger partial charge is 0.330 e. The highest BCUT2D eigenvalue weighted by atomic mass is 32.1. The van der Waals surface area contributed by atoms with Gasteiger partial charge in [-0.2, -0.15) is 0 Å². The molecule has 1 aromatic heterocycles. The number of nitrogens with one attached hydrogen (secondary N) is 1. The average Bonchev–Trinajstić information content (AvgIpc) is 2.86. The fourth-order valence-corrected chi connectivity index (χ4v) is 2.71. The number of anilines is 3. The van der Waals surface area contributed by atoms with Gasteiger partial charge in [0.1, 0.15) is 6.54 Å². The van der Waals surface area contributed by atoms with E-state index in [9.17, 15) is 9.59 Å². The van der Waals surface area contributed by atoms with Gasteiger partial charge in [-0.05, 0) is 18.2 Å². The van der Waals surface area contributed by atoms with Crippen molar-refractivity contribution in [1.82, 2.24) is 0 Å². The molecule has 2 heterocycles. The van der Waals surface area contributed by atoms with Crippen molar-refractivity contribution in [2.45, 2.75) is 0 Å². The van der Waals surface area contributed by atoms with E-state index < -0.39 is 0 Å². The number of amides is 1. The molecule has 0 aliphatic carbocycles. The number of benzene rings is 1. The lowest BCUT2D eigenvalue weighted by atomic mass is 10.2. The minimum Gasteiger partial charge on any atom is -0.330 e. The molecule has 0 saturated carbocycles. The molecule has 0 radical (unpaired) electrons. The van der Waals surface area contributed by atoms with Gasteiger partial charge in [0.15, 0.2) is 6.29 Å². The van der Waals surface area contributed by atoms with Crippen molar-refractivity contribution < 1.29 is 9.59 Å². The predicted octanol–water partition coefficient (Wildman–Crippen LogP) is 2.65. The van der Waals surface area contributed by atoms with Gasteiger partial charge in [0.05, 0.1) is 21.9 Å². The van der Waals surface area contributed by atoms with E-state index in [2.05, 4.69) is 5.32 Å². The Morgan fingerprint density at radius 3 is 2.94 bits per heavy atom. The van der Waals surface area contributed by atoms with Gasteiger partial charge >= 0.3 is 0 Å². The van der Waals surface area contributed by atoms with Gasteiger partial charge in [-0.25, -0.2) is 0 Å². The summed E-state index contributed by atoms with van der Waals surface area (Å²) in [7, 11) is 0. The Bertz CT molecular complexity index is 621. The first-order valence-electron chi connectivity index (χ1n) is 5.48. The van der Waals surface area contributed by atoms with Gasteiger partial charge in [-0.1, -0.05) is 12.1 Å². The van der Waals surface area contributed by atoms with Crippen LogP contribution in [0, 0.1) is 0 Å². The number of carbonyl (C=O) groups is 2. The summed E-state index contributed by atoms with van der Waals surface area (Å²) in [5.74, 6) is -0.0486. The Labute approximate surface area is 108 Å². The number of thiophene rings is 1. The topological polar surface area (TPSA) is 49.4 Å². The molecule has 1 N–H and O–H groups in total. The maximum absolute atomic E-state index is 11.7. The molecule has 0 unspecified atom stereocenters. The summed E-state index contributed by atoms with van der Waals surface area (Å²) in [6.45, 7) is 0.270. The number of para-hydroxylation sites is 2. The van der Waals surface area contributed by atoms with Gasteiger partial charge in [-0.3, -0.25) is 9.59 Å². The molecular formula is C13H10N2O2S. The number of rotatable bonds is 2. The van der Waals surface area contributed by atoms with Crippen molar-refractivity contribution in [3.05, 3.63) is 40.6 Å². The number of aldehydes is 1. The zero-order chi connectivity index (χ0) is 12.5. The highest BCUT2D eigenvalue weighted by molar-refractivity contribution is 7.12. The van der Waals surface area contributed by atoms with Crippen LogP contribution in [0.15, 0.2) is 35.7 Å². The third-order valence-corrected chi connectivity index (χ3v) is 3.65. The minimum atomic E-state index is -0.0486. The Hall–Kier alpha value is -2.14. The molecule has 1 aromatic carbocycles. The molecule has 0 fully saturated rings. The van der Waals surface area contributed by atoms with Crippen molar-refractivity contribution in [1.29, 1.82) is 0 Å². The first-order chi connectivity index (χ1) is 8.78. The molecule has 0 spiro atoms. The van der Waals surface area contributed by atoms with Crippen LogP contribution in [-0.4, -0.2) is 18.7 Å². The summed E-state index contributed by atoms with van der Waals surface area (Å²) in [5, 5.41) is 4.72. The van der Waals surface area contributed by atoms with Crippen molar-refractivity contribution in [2.24, 2.45) is 0 Å². The standard InChI is InChI=1S/C13H10N2O2S/c16-7-10-5-9(8-18-10)15-6-13(17)14-11-3-1-2-4-12(11)15/h1-5,7-8H,6H2,(H,14,17). The Balaban J connectivity index is 2.06. The molecule has 2 aromatic rings. The molecule has 0 bridgehead atoms. The lowest BCUT2D eigenvalue weighted by Crippen LogP contribution is -2.34. The van der Waals surface area contributed by atoms with E-state index in [-0.39, 0.29) is 12.5 Å². The van der Waals surface area contributed by atoms with Gasteiger partial charge in [-0.15, -0.1) is 11.3 Å². The summed E-state index contributed by atoms with van der Waals surface area (Å²) < 4.78 is 0. The second-order valence-corrected chi connectivity index (χ2v) is 4.92. The molecular weight excluding hydrogens is 248 g/mol. The molecule has 90 valence electrons. The van der Waals surface area contributed by atoms with Gasteiger partial charge in [0.2, 0.25) is 5.91 Å². The van der Waals surface area contributed by atoms with Crippen LogP contribution < -0.4 is 10.2 Å². The van der Waals surface area contributed by atoms with Crippen molar-refractivity contribution in [3.63, 3.8) is 0 Å². The smallest absolute Gasteiger partial charge is 0.244 e. The molecule has 1 aliphatic rings. The first-order valence-corrected chi connectivity index (χ1v) is 6.36. The zero-order valence-electron chi connectivity index (χ0n) is 9.42. The molecule has 1 aliphatic heterocycles. The normalized spacial score (nSPS) is 14.0. The third-order valence-electron chi connectivity index (χ3n) is 2.80. The molecule has 0 atom stereocenters. The van der Waals surface area contributed by atoms with Gasteiger partial charge < -0.3 is 10.2 Å². The monoisotopic (exact) mass is 258 g/mol. The van der Waals surface area contributed by atoms with Crippen LogP contribution in [0.25, 0.3) is 0 Å². The van der Waals surface area contributed by atoms with E-state index in [1.807, 2.05) is 34.5 Å². The highest BCUT2D eigenvalue weighted by Crippen LogP contribution is 2.36. The highest BCUT2D eigenvalue weighted by Gasteiger charge is 2.23. The predicted molar refractivity (Wildman–Crippen MR) is 71.8 cm³/mol. The number of carbonyl (C=O) groups excluding carboxylic acids is 2. The number of fused-ring (bicyclic) bond motifs is 1. The fraction of sp³-hybridized carbons (Fsp3) is 0.0769. The van der Waals surface area contributed by atoms with Crippen LogP contribution in [-0.2, 0) is 4.79 Å². The van der Waals surface area contributed by atoms with Crippen LogP contribution in [0.4, 0.5) is 17.1 Å². The van der Waals surface area contributed by atoms with Crippen molar-refractivity contribution in [2.75, 3.05) is 16.8 Å². The van der Waals surface area contributed by atoms with Crippen LogP contribution in [0.2, 0.25) is 0 Å². The summed E-state index contributed by atoms with van der Waals surface area (Å²) in [6, 6.07) is 9.43. The molecule has 1 amide bonds. The Morgan fingerprint density at radius 1 is 1.33 bits per heavy atom. The third kappa shape index (κ3) is 1.78. The summed E-state index contributed by atoms with van der Waals surface area (Å²) in [5.41, 5.74) is 2.63. The van der Waals surface area contributed by atoms with Crippen LogP contribution in [0.3, 0.4) is 0 Å². The zero-order valence-corrected chi connectivity index (χ0v) is 10.2. The fourth-order valence-electron chi connectivity index (χ4n) is 2.01. The minimum absolute atomic E-state index is 0.0486. The maximum atomic E-state index is 11.7. The van der Waals surface area contributed by atoms with Crippen molar-refractivity contribution in [3.8, 4) is 0 Å². The lowest BCUT2D eigenvalue weighted by Gasteiger charge is -2.29. The van der Waals surface area contributed by atoms with Crippen LogP contribution in [0.1, 0.15) is 9.67 Å². The first kappa shape index (κ1) is 11.0. The Kier molecular flexibility index (Phi) is 2.60. The van der Waals surface area contributed by atoms with Gasteiger partial charge in [0.25, 0.3) is 0 Å². The SMILES string of the molecule is O=Cc1cc(N2CC(=O)Nc3ccccc32)cs1. The quantitative estimate of drug-likeness (QED) is 0.842. The number of hydrogen-bond acceptors (Lipinski definition) is 4. The van der Waals surface area contributed by atoms with E-state index in [0.29, 0.717) is 4.88 Å².